The van der Waals surface area contributed by atoms with E-state index in [2.05, 4.69) is 4.99 Å². The summed E-state index contributed by atoms with van der Waals surface area (Å²) < 4.78 is 11.1. The fourth-order valence-corrected chi connectivity index (χ4v) is 4.79. The van der Waals surface area contributed by atoms with Gasteiger partial charge in [-0.05, 0) is 74.9 Å². The smallest absolute Gasteiger partial charge is 0.347 e. The van der Waals surface area contributed by atoms with Gasteiger partial charge >= 0.3 is 5.97 Å². The van der Waals surface area contributed by atoms with Gasteiger partial charge in [0.05, 0.1) is 24.0 Å². The lowest BCUT2D eigenvalue weighted by molar-refractivity contribution is -0.112. The third-order valence-electron chi connectivity index (χ3n) is 6.14. The molecule has 0 radical (unpaired) electrons. The summed E-state index contributed by atoms with van der Waals surface area (Å²) in [4.78, 5) is 33.0. The van der Waals surface area contributed by atoms with Gasteiger partial charge in [0.2, 0.25) is 0 Å². The summed E-state index contributed by atoms with van der Waals surface area (Å²) in [5.74, 6) is -0.0207. The Bertz CT molecular complexity index is 1440. The number of anilines is 1. The molecule has 3 aromatic rings. The Morgan fingerprint density at radius 3 is 2.43 bits per heavy atom. The number of amides is 1. The molecule has 0 aliphatic carbocycles. The van der Waals surface area contributed by atoms with Crippen molar-refractivity contribution in [1.29, 1.82) is 0 Å². The summed E-state index contributed by atoms with van der Waals surface area (Å²) in [6.07, 6.45) is 2.04. The van der Waals surface area contributed by atoms with E-state index >= 15 is 0 Å². The number of carbonyl (C=O) groups is 2. The molecule has 0 bridgehead atoms. The molecule has 0 aromatic heterocycles. The number of para-hydroxylation sites is 1. The standard InChI is InChI=1S/C28H23ClN2O4/c1-16-15-28(2,3)31-25-21(16)13-19(35-27(33)20-7-5-6-8-23(20)34-4)14-22(25)24(26(31)32)30-18-11-9-17(29)10-12-18/h5-15H,1-4H3. The fraction of sp³-hybridized carbons (Fsp3) is 0.179. The van der Waals surface area contributed by atoms with Crippen LogP contribution in [0.4, 0.5) is 11.4 Å². The number of halogens is 1. The highest BCUT2D eigenvalue weighted by Gasteiger charge is 2.45. The molecule has 35 heavy (non-hydrogen) atoms. The van der Waals surface area contributed by atoms with Crippen molar-refractivity contribution in [2.24, 2.45) is 4.99 Å². The number of ether oxygens (including phenoxy) is 2. The number of esters is 1. The van der Waals surface area contributed by atoms with Gasteiger partial charge in [-0.15, -0.1) is 0 Å². The van der Waals surface area contributed by atoms with Crippen molar-refractivity contribution in [3.05, 3.63) is 88.5 Å². The van der Waals surface area contributed by atoms with E-state index in [9.17, 15) is 9.59 Å². The highest BCUT2D eigenvalue weighted by molar-refractivity contribution is 6.55. The monoisotopic (exact) mass is 486 g/mol. The van der Waals surface area contributed by atoms with E-state index in [0.717, 1.165) is 16.8 Å². The van der Waals surface area contributed by atoms with Crippen LogP contribution >= 0.6 is 11.6 Å². The minimum Gasteiger partial charge on any atom is -0.496 e. The fourth-order valence-electron chi connectivity index (χ4n) is 4.66. The molecular weight excluding hydrogens is 464 g/mol. The summed E-state index contributed by atoms with van der Waals surface area (Å²) in [7, 11) is 1.50. The van der Waals surface area contributed by atoms with E-state index in [1.54, 1.807) is 65.6 Å². The maximum atomic E-state index is 13.6. The second kappa shape index (κ2) is 8.40. The second-order valence-corrected chi connectivity index (χ2v) is 9.45. The van der Waals surface area contributed by atoms with Crippen LogP contribution < -0.4 is 14.4 Å². The first kappa shape index (κ1) is 22.9. The third-order valence-corrected chi connectivity index (χ3v) is 6.40. The third kappa shape index (κ3) is 3.90. The van der Waals surface area contributed by atoms with E-state index in [1.807, 2.05) is 26.8 Å². The first-order chi connectivity index (χ1) is 16.7. The zero-order valence-corrected chi connectivity index (χ0v) is 20.5. The molecule has 3 aromatic carbocycles. The van der Waals surface area contributed by atoms with E-state index in [-0.39, 0.29) is 11.6 Å². The van der Waals surface area contributed by atoms with Crippen molar-refractivity contribution < 1.29 is 19.1 Å². The van der Waals surface area contributed by atoms with Crippen molar-refractivity contribution >= 4 is 46.1 Å². The lowest BCUT2D eigenvalue weighted by atomic mass is 9.89. The topological polar surface area (TPSA) is 68.2 Å². The molecule has 0 unspecified atom stereocenters. The Morgan fingerprint density at radius 2 is 1.71 bits per heavy atom. The molecule has 2 heterocycles. The van der Waals surface area contributed by atoms with Gasteiger partial charge in [-0.25, -0.2) is 9.79 Å². The van der Waals surface area contributed by atoms with Gasteiger partial charge in [0.25, 0.3) is 5.91 Å². The summed E-state index contributed by atoms with van der Waals surface area (Å²) in [6, 6.07) is 17.3. The molecule has 0 spiro atoms. The Labute approximate surface area is 208 Å². The molecule has 0 saturated carbocycles. The maximum Gasteiger partial charge on any atom is 0.347 e. The van der Waals surface area contributed by atoms with Crippen molar-refractivity contribution in [2.45, 2.75) is 26.3 Å². The van der Waals surface area contributed by atoms with Crippen molar-refractivity contribution in [1.82, 2.24) is 0 Å². The molecule has 176 valence electrons. The van der Waals surface area contributed by atoms with Crippen LogP contribution in [0.1, 0.15) is 42.3 Å². The zero-order valence-electron chi connectivity index (χ0n) is 19.8. The normalized spacial score (nSPS) is 16.7. The average molecular weight is 487 g/mol. The lowest BCUT2D eigenvalue weighted by Crippen LogP contribution is -2.47. The summed E-state index contributed by atoms with van der Waals surface area (Å²) >= 11 is 6.02. The van der Waals surface area contributed by atoms with Crippen LogP contribution in [-0.2, 0) is 4.79 Å². The quantitative estimate of drug-likeness (QED) is 0.324. The maximum absolute atomic E-state index is 13.6. The number of aliphatic imine (C=N–C) groups is 1. The molecule has 7 heteroatoms. The molecule has 0 fully saturated rings. The first-order valence-electron chi connectivity index (χ1n) is 11.1. The summed E-state index contributed by atoms with van der Waals surface area (Å²) in [5.41, 5.74) is 3.84. The van der Waals surface area contributed by atoms with E-state index in [4.69, 9.17) is 21.1 Å². The lowest BCUT2D eigenvalue weighted by Gasteiger charge is -2.38. The van der Waals surface area contributed by atoms with Gasteiger partial charge in [0, 0.05) is 16.1 Å². The molecule has 6 nitrogen and oxygen atoms in total. The molecule has 2 aliphatic heterocycles. The van der Waals surface area contributed by atoms with E-state index in [1.165, 1.54) is 7.11 Å². The number of methoxy groups -OCH3 is 1. The Morgan fingerprint density at radius 1 is 1.03 bits per heavy atom. The summed E-state index contributed by atoms with van der Waals surface area (Å²) in [6.45, 7) is 5.96. The average Bonchev–Trinajstić information content (AvgIpc) is 3.11. The Balaban J connectivity index is 1.64. The molecule has 5 rings (SSSR count). The summed E-state index contributed by atoms with van der Waals surface area (Å²) in [5, 5.41) is 0.584. The highest BCUT2D eigenvalue weighted by atomic mass is 35.5. The highest BCUT2D eigenvalue weighted by Crippen LogP contribution is 2.47. The SMILES string of the molecule is COc1ccccc1C(=O)Oc1cc2c3c(c1)C(=Nc1ccc(Cl)cc1)C(=O)N3C(C)(C)C=C2C. The van der Waals surface area contributed by atoms with Crippen molar-refractivity contribution in [3.8, 4) is 11.5 Å². The predicted octanol–water partition coefficient (Wildman–Crippen LogP) is 6.23. The number of allylic oxidation sites excluding steroid dienone is 1. The molecule has 0 saturated heterocycles. The molecule has 1 amide bonds. The molecule has 0 N–H and O–H groups in total. The van der Waals surface area contributed by atoms with Gasteiger partial charge in [0.15, 0.2) is 0 Å². The van der Waals surface area contributed by atoms with Crippen LogP contribution in [0.3, 0.4) is 0 Å². The van der Waals surface area contributed by atoms with Crippen molar-refractivity contribution in [3.63, 3.8) is 0 Å². The largest absolute Gasteiger partial charge is 0.496 e. The molecule has 2 aliphatic rings. The van der Waals surface area contributed by atoms with Crippen LogP contribution in [-0.4, -0.2) is 30.2 Å². The first-order valence-corrected chi connectivity index (χ1v) is 11.5. The van der Waals surface area contributed by atoms with Gasteiger partial charge in [-0.2, -0.15) is 0 Å². The van der Waals surface area contributed by atoms with Crippen molar-refractivity contribution in [2.75, 3.05) is 12.0 Å². The molecule has 0 atom stereocenters. The molecular formula is C28H23ClN2O4. The van der Waals surface area contributed by atoms with E-state index in [0.29, 0.717) is 33.3 Å². The number of benzene rings is 3. The van der Waals surface area contributed by atoms with Gasteiger partial charge in [-0.3, -0.25) is 9.69 Å². The zero-order chi connectivity index (χ0) is 24.9. The van der Waals surface area contributed by atoms with Gasteiger partial charge < -0.3 is 9.47 Å². The van der Waals surface area contributed by atoms with Gasteiger partial charge in [-0.1, -0.05) is 29.8 Å². The number of nitrogens with zero attached hydrogens (tertiary/aromatic N) is 2. The second-order valence-electron chi connectivity index (χ2n) is 9.02. The predicted molar refractivity (Wildman–Crippen MR) is 137 cm³/mol. The van der Waals surface area contributed by atoms with E-state index < -0.39 is 11.5 Å². The van der Waals surface area contributed by atoms with Crippen LogP contribution in [0.15, 0.2) is 71.7 Å². The number of hydrogen-bond acceptors (Lipinski definition) is 5. The van der Waals surface area contributed by atoms with Crippen LogP contribution in [0.2, 0.25) is 5.02 Å². The van der Waals surface area contributed by atoms with Crippen LogP contribution in [0, 0.1) is 0 Å². The number of carbonyl (C=O) groups excluding carboxylic acids is 2. The van der Waals surface area contributed by atoms with Gasteiger partial charge in [0.1, 0.15) is 22.8 Å². The van der Waals surface area contributed by atoms with Crippen LogP contribution in [0.5, 0.6) is 11.5 Å². The number of hydrogen-bond donors (Lipinski definition) is 0. The minimum atomic E-state index is -0.551. The number of rotatable bonds is 4. The Kier molecular flexibility index (Phi) is 5.49. The minimum absolute atomic E-state index is 0.210. The van der Waals surface area contributed by atoms with Crippen LogP contribution in [0.25, 0.3) is 5.57 Å². The Hall–Kier alpha value is -3.90.